The summed E-state index contributed by atoms with van der Waals surface area (Å²) in [4.78, 5) is 32.7. The van der Waals surface area contributed by atoms with E-state index >= 15 is 0 Å². The first kappa shape index (κ1) is 34.5. The summed E-state index contributed by atoms with van der Waals surface area (Å²) in [6.45, 7) is 11.9. The summed E-state index contributed by atoms with van der Waals surface area (Å²) in [5.74, 6) is 1.80. The molecule has 1 saturated carbocycles. The third-order valence-corrected chi connectivity index (χ3v) is 11.1. The number of amides is 1. The van der Waals surface area contributed by atoms with E-state index in [1.54, 1.807) is 25.8 Å². The summed E-state index contributed by atoms with van der Waals surface area (Å²) in [6, 6.07) is 12.7. The van der Waals surface area contributed by atoms with Crippen molar-refractivity contribution in [3.63, 3.8) is 0 Å². The van der Waals surface area contributed by atoms with Crippen molar-refractivity contribution in [2.24, 2.45) is 13.0 Å². The Morgan fingerprint density at radius 1 is 0.980 bits per heavy atom. The van der Waals surface area contributed by atoms with E-state index in [0.29, 0.717) is 24.6 Å². The first-order chi connectivity index (χ1) is 23.6. The molecule has 0 radical (unpaired) electrons. The van der Waals surface area contributed by atoms with Crippen molar-refractivity contribution in [3.05, 3.63) is 91.9 Å². The third-order valence-electron chi connectivity index (χ3n) is 11.1. The van der Waals surface area contributed by atoms with Gasteiger partial charge in [0.1, 0.15) is 23.1 Å². The number of hydrogen-bond acceptors (Lipinski definition) is 7. The van der Waals surface area contributed by atoms with Crippen LogP contribution in [0.5, 0.6) is 11.5 Å². The highest BCUT2D eigenvalue weighted by atomic mass is 16.5. The summed E-state index contributed by atoms with van der Waals surface area (Å²) in [5.41, 5.74) is 8.86. The van der Waals surface area contributed by atoms with Crippen LogP contribution in [0.3, 0.4) is 0 Å². The quantitative estimate of drug-likeness (QED) is 0.214. The molecule has 3 heterocycles. The SMILES string of the molecule is COc1cc(-c2cn(C)c(=O)c(C)c2C)cc(OC)c1CN1CCN(Cc2cccc3c2CCN(C(=O)/C(C#N)=C/C2CCC2)C3C)CC1. The number of allylic oxidation sites excluding steroid dienone is 1. The lowest BCUT2D eigenvalue weighted by Crippen LogP contribution is -2.45. The van der Waals surface area contributed by atoms with E-state index in [0.717, 1.165) is 91.3 Å². The number of carbonyl (C=O) groups is 1. The number of pyridine rings is 1. The summed E-state index contributed by atoms with van der Waals surface area (Å²) >= 11 is 0. The molecule has 1 atom stereocenters. The number of ether oxygens (including phenoxy) is 2. The van der Waals surface area contributed by atoms with Crippen molar-refractivity contribution >= 4 is 5.91 Å². The van der Waals surface area contributed by atoms with Crippen molar-refractivity contribution in [1.82, 2.24) is 19.3 Å². The predicted molar refractivity (Wildman–Crippen MR) is 192 cm³/mol. The molecule has 9 nitrogen and oxygen atoms in total. The van der Waals surface area contributed by atoms with Crippen LogP contribution in [0.15, 0.2) is 53.0 Å². The van der Waals surface area contributed by atoms with Gasteiger partial charge in [-0.3, -0.25) is 19.4 Å². The zero-order chi connectivity index (χ0) is 34.8. The molecule has 0 spiro atoms. The first-order valence-corrected chi connectivity index (χ1v) is 17.5. The predicted octanol–water partition coefficient (Wildman–Crippen LogP) is 5.70. The van der Waals surface area contributed by atoms with Crippen molar-refractivity contribution < 1.29 is 14.3 Å². The van der Waals surface area contributed by atoms with Crippen molar-refractivity contribution in [3.8, 4) is 28.7 Å². The highest BCUT2D eigenvalue weighted by molar-refractivity contribution is 5.97. The van der Waals surface area contributed by atoms with Gasteiger partial charge in [0, 0.05) is 70.2 Å². The number of nitrogens with zero attached hydrogens (tertiary/aromatic N) is 5. The van der Waals surface area contributed by atoms with Crippen molar-refractivity contribution in [1.29, 1.82) is 5.26 Å². The molecule has 3 aliphatic rings. The van der Waals surface area contributed by atoms with E-state index in [1.807, 2.05) is 31.0 Å². The van der Waals surface area contributed by atoms with Crippen LogP contribution in [-0.4, -0.2) is 72.1 Å². The molecule has 1 unspecified atom stereocenters. The number of aryl methyl sites for hydroxylation is 1. The Balaban J connectivity index is 1.12. The average Bonchev–Trinajstić information content (AvgIpc) is 3.09. The Morgan fingerprint density at radius 3 is 2.22 bits per heavy atom. The maximum Gasteiger partial charge on any atom is 0.264 e. The molecule has 2 aliphatic heterocycles. The number of hydrogen-bond donors (Lipinski definition) is 0. The van der Waals surface area contributed by atoms with Crippen LogP contribution in [-0.2, 0) is 31.4 Å². The molecule has 49 heavy (non-hydrogen) atoms. The number of benzene rings is 2. The molecule has 3 aromatic rings. The second-order valence-corrected chi connectivity index (χ2v) is 13.9. The van der Waals surface area contributed by atoms with E-state index in [2.05, 4.69) is 53.1 Å². The fourth-order valence-corrected chi connectivity index (χ4v) is 7.66. The number of piperazine rings is 1. The van der Waals surface area contributed by atoms with Gasteiger partial charge >= 0.3 is 0 Å². The van der Waals surface area contributed by atoms with Gasteiger partial charge in [0.15, 0.2) is 0 Å². The van der Waals surface area contributed by atoms with Crippen molar-refractivity contribution in [2.45, 2.75) is 65.6 Å². The summed E-state index contributed by atoms with van der Waals surface area (Å²) in [7, 11) is 5.18. The van der Waals surface area contributed by atoms with Crippen LogP contribution >= 0.6 is 0 Å². The van der Waals surface area contributed by atoms with Gasteiger partial charge in [-0.25, -0.2) is 0 Å². The number of nitriles is 1. The number of carbonyl (C=O) groups excluding carboxylic acids is 1. The van der Waals surface area contributed by atoms with Crippen LogP contribution in [0.1, 0.15) is 65.6 Å². The zero-order valence-corrected chi connectivity index (χ0v) is 29.8. The fourth-order valence-electron chi connectivity index (χ4n) is 7.66. The Labute approximate surface area is 290 Å². The monoisotopic (exact) mass is 663 g/mol. The third kappa shape index (κ3) is 6.90. The lowest BCUT2D eigenvalue weighted by atomic mass is 9.84. The van der Waals surface area contributed by atoms with Gasteiger partial charge in [0.05, 0.1) is 25.8 Å². The maximum absolute atomic E-state index is 13.4. The molecule has 2 aromatic carbocycles. The number of aromatic nitrogens is 1. The van der Waals surface area contributed by atoms with E-state index < -0.39 is 0 Å². The highest BCUT2D eigenvalue weighted by Crippen LogP contribution is 2.38. The molecule has 0 bridgehead atoms. The van der Waals surface area contributed by atoms with Crippen molar-refractivity contribution in [2.75, 3.05) is 46.9 Å². The smallest absolute Gasteiger partial charge is 0.264 e. The second-order valence-electron chi connectivity index (χ2n) is 13.9. The van der Waals surface area contributed by atoms with E-state index in [9.17, 15) is 14.9 Å². The minimum Gasteiger partial charge on any atom is -0.496 e. The minimum absolute atomic E-state index is 0.0123. The highest BCUT2D eigenvalue weighted by Gasteiger charge is 2.32. The van der Waals surface area contributed by atoms with Gasteiger partial charge in [-0.15, -0.1) is 0 Å². The Kier molecular flexibility index (Phi) is 10.3. The van der Waals surface area contributed by atoms with Gasteiger partial charge in [0.2, 0.25) is 0 Å². The molecule has 258 valence electrons. The van der Waals surface area contributed by atoms with Gasteiger partial charge < -0.3 is 18.9 Å². The molecule has 9 heteroatoms. The van der Waals surface area contributed by atoms with Crippen LogP contribution in [0, 0.1) is 31.1 Å². The minimum atomic E-state index is -0.130. The van der Waals surface area contributed by atoms with Gasteiger partial charge in [-0.05, 0) is 85.9 Å². The molecule has 1 amide bonds. The lowest BCUT2D eigenvalue weighted by molar-refractivity contribution is -0.129. The number of fused-ring (bicyclic) bond motifs is 1. The zero-order valence-electron chi connectivity index (χ0n) is 29.8. The van der Waals surface area contributed by atoms with Gasteiger partial charge in [0.25, 0.3) is 11.5 Å². The van der Waals surface area contributed by atoms with Gasteiger partial charge in [-0.1, -0.05) is 30.7 Å². The maximum atomic E-state index is 13.4. The number of methoxy groups -OCH3 is 2. The van der Waals surface area contributed by atoms with Crippen LogP contribution in [0.4, 0.5) is 0 Å². The Morgan fingerprint density at radius 2 is 1.63 bits per heavy atom. The molecule has 1 aliphatic carbocycles. The molecular formula is C40H49N5O4. The molecule has 1 aromatic heterocycles. The summed E-state index contributed by atoms with van der Waals surface area (Å²) < 4.78 is 13.5. The van der Waals surface area contributed by atoms with Crippen LogP contribution in [0.25, 0.3) is 11.1 Å². The average molecular weight is 664 g/mol. The Bertz CT molecular complexity index is 1830. The molecule has 2 fully saturated rings. The van der Waals surface area contributed by atoms with Crippen LogP contribution in [0.2, 0.25) is 0 Å². The van der Waals surface area contributed by atoms with E-state index in [4.69, 9.17) is 9.47 Å². The lowest BCUT2D eigenvalue weighted by Gasteiger charge is -2.38. The van der Waals surface area contributed by atoms with Gasteiger partial charge in [-0.2, -0.15) is 5.26 Å². The number of rotatable bonds is 9. The fraction of sp³-hybridized carbons (Fsp3) is 0.475. The standard InChI is InChI=1S/C40H49N5O4/c1-26-27(2)39(46)42(4)24-35(26)31-20-37(48-5)36(38(21-31)49-6)25-44-17-15-43(16-18-44)23-30-11-8-12-33-28(3)45(14-13-34(30)33)40(47)32(22-41)19-29-9-7-10-29/h8,11-12,19-21,24,28-29H,7,9-10,13-18,23,25H2,1-6H3/b32-19+. The second kappa shape index (κ2) is 14.6. The largest absolute Gasteiger partial charge is 0.496 e. The topological polar surface area (TPSA) is 91.0 Å². The summed E-state index contributed by atoms with van der Waals surface area (Å²) in [5, 5.41) is 9.75. The summed E-state index contributed by atoms with van der Waals surface area (Å²) in [6.07, 6.45) is 7.92. The normalized spacial score (nSPS) is 18.8. The molecule has 1 saturated heterocycles. The van der Waals surface area contributed by atoms with E-state index in [1.165, 1.54) is 23.1 Å². The first-order valence-electron chi connectivity index (χ1n) is 17.5. The van der Waals surface area contributed by atoms with Crippen LogP contribution < -0.4 is 15.0 Å². The Hall–Kier alpha value is -4.39. The molecular weight excluding hydrogens is 614 g/mol. The molecule has 6 rings (SSSR count). The van der Waals surface area contributed by atoms with E-state index in [-0.39, 0.29) is 17.5 Å². The molecule has 0 N–H and O–H groups in total.